The van der Waals surface area contributed by atoms with Crippen molar-refractivity contribution in [3.8, 4) is 5.75 Å². The van der Waals surface area contributed by atoms with Crippen LogP contribution in [-0.2, 0) is 14.3 Å². The molecular weight excluding hydrogens is 294 g/mol. The van der Waals surface area contributed by atoms with Crippen molar-refractivity contribution in [3.05, 3.63) is 35.4 Å². The van der Waals surface area contributed by atoms with Gasteiger partial charge >= 0.3 is 5.97 Å². The number of benzene rings is 1. The van der Waals surface area contributed by atoms with E-state index in [-0.39, 0.29) is 11.9 Å². The normalized spacial score (nSPS) is 19.7. The fourth-order valence-corrected chi connectivity index (χ4v) is 3.47. The molecule has 0 unspecified atom stereocenters. The number of anilines is 1. The first-order chi connectivity index (χ1) is 11.1. The molecule has 0 bridgehead atoms. The highest BCUT2D eigenvalue weighted by atomic mass is 16.6. The van der Waals surface area contributed by atoms with E-state index >= 15 is 0 Å². The topological polar surface area (TPSA) is 64.6 Å². The Morgan fingerprint density at radius 2 is 1.83 bits per heavy atom. The van der Waals surface area contributed by atoms with Gasteiger partial charge in [0.05, 0.1) is 12.7 Å². The van der Waals surface area contributed by atoms with Gasteiger partial charge in [-0.05, 0) is 56.9 Å². The van der Waals surface area contributed by atoms with Gasteiger partial charge in [-0.2, -0.15) is 0 Å². The molecule has 1 aromatic rings. The Morgan fingerprint density at radius 3 is 2.43 bits per heavy atom. The van der Waals surface area contributed by atoms with Crippen LogP contribution in [0.25, 0.3) is 0 Å². The molecule has 0 saturated heterocycles. The van der Waals surface area contributed by atoms with Gasteiger partial charge in [0, 0.05) is 11.3 Å². The van der Waals surface area contributed by atoms with Crippen molar-refractivity contribution in [2.45, 2.75) is 44.6 Å². The molecule has 2 aliphatic rings. The molecule has 1 saturated carbocycles. The Morgan fingerprint density at radius 1 is 1.17 bits per heavy atom. The lowest BCUT2D eigenvalue weighted by Crippen LogP contribution is -2.39. The molecule has 1 fully saturated rings. The minimum Gasteiger partial charge on any atom is -0.497 e. The van der Waals surface area contributed by atoms with Crippen LogP contribution >= 0.6 is 0 Å². The second-order valence-corrected chi connectivity index (χ2v) is 6.13. The number of carbonyl (C=O) groups is 2. The number of esters is 1. The molecular formula is C18H21NO4. The average molecular weight is 315 g/mol. The number of carbonyl (C=O) groups excluding carboxylic acids is 2. The second kappa shape index (κ2) is 6.07. The van der Waals surface area contributed by atoms with Gasteiger partial charge in [0.2, 0.25) is 0 Å². The van der Waals surface area contributed by atoms with Crippen molar-refractivity contribution >= 4 is 17.6 Å². The predicted molar refractivity (Wildman–Crippen MR) is 86.2 cm³/mol. The van der Waals surface area contributed by atoms with Crippen molar-refractivity contribution in [2.75, 3.05) is 12.4 Å². The van der Waals surface area contributed by atoms with Crippen LogP contribution in [-0.4, -0.2) is 24.6 Å². The zero-order valence-electron chi connectivity index (χ0n) is 13.5. The third-order valence-electron chi connectivity index (χ3n) is 4.66. The number of ether oxygens (including phenoxy) is 2. The molecule has 0 atom stereocenters. The Balaban J connectivity index is 1.84. The molecule has 1 spiro atoms. The number of amides is 1. The average Bonchev–Trinajstić information content (AvgIpc) is 2.79. The number of hydrogen-bond donors (Lipinski definition) is 1. The zero-order chi connectivity index (χ0) is 16.4. The number of hydrogen-bond acceptors (Lipinski definition) is 4. The molecule has 122 valence electrons. The van der Waals surface area contributed by atoms with Gasteiger partial charge in [-0.15, -0.1) is 0 Å². The van der Waals surface area contributed by atoms with Crippen molar-refractivity contribution in [1.29, 1.82) is 0 Å². The van der Waals surface area contributed by atoms with Crippen molar-refractivity contribution in [1.82, 2.24) is 0 Å². The summed E-state index contributed by atoms with van der Waals surface area (Å²) >= 11 is 0. The Labute approximate surface area is 135 Å². The maximum Gasteiger partial charge on any atom is 0.335 e. The highest BCUT2D eigenvalue weighted by Crippen LogP contribution is 2.44. The maximum atomic E-state index is 12.8. The summed E-state index contributed by atoms with van der Waals surface area (Å²) in [6.07, 6.45) is 4.51. The van der Waals surface area contributed by atoms with Crippen LogP contribution in [0, 0.1) is 0 Å². The van der Waals surface area contributed by atoms with Crippen molar-refractivity contribution in [2.24, 2.45) is 0 Å². The molecule has 1 aromatic carbocycles. The molecule has 5 nitrogen and oxygen atoms in total. The molecule has 23 heavy (non-hydrogen) atoms. The third-order valence-corrected chi connectivity index (χ3v) is 4.66. The minimum atomic E-state index is -0.726. The quantitative estimate of drug-likeness (QED) is 0.870. The predicted octanol–water partition coefficient (Wildman–Crippen LogP) is 3.21. The number of rotatable bonds is 3. The van der Waals surface area contributed by atoms with E-state index in [1.54, 1.807) is 38.3 Å². The number of nitrogens with one attached hydrogen (secondary N) is 1. The molecule has 0 aromatic heterocycles. The summed E-state index contributed by atoms with van der Waals surface area (Å²) in [6, 6.07) is 7.11. The molecule has 1 aliphatic carbocycles. The van der Waals surface area contributed by atoms with E-state index in [0.717, 1.165) is 37.9 Å². The van der Waals surface area contributed by atoms with Gasteiger partial charge in [-0.1, -0.05) is 6.42 Å². The molecule has 1 N–H and O–H groups in total. The van der Waals surface area contributed by atoms with E-state index in [4.69, 9.17) is 9.47 Å². The lowest BCUT2D eigenvalue weighted by Gasteiger charge is -2.34. The van der Waals surface area contributed by atoms with Crippen LogP contribution in [0.4, 0.5) is 5.69 Å². The fourth-order valence-electron chi connectivity index (χ4n) is 3.47. The van der Waals surface area contributed by atoms with Crippen LogP contribution in [0.15, 0.2) is 35.4 Å². The van der Waals surface area contributed by atoms with E-state index in [1.165, 1.54) is 0 Å². The maximum absolute atomic E-state index is 12.8. The van der Waals surface area contributed by atoms with Gasteiger partial charge in [-0.3, -0.25) is 4.79 Å². The summed E-state index contributed by atoms with van der Waals surface area (Å²) in [7, 11) is 1.59. The molecule has 1 aliphatic heterocycles. The standard InChI is InChI=1S/C18H21NO4/c1-12-15(18(23-17(12)21)10-4-3-5-11-18)16(20)19-13-6-8-14(22-2)9-7-13/h6-9H,3-5,10-11H2,1-2H3,(H,19,20). The highest BCUT2D eigenvalue weighted by molar-refractivity contribution is 6.12. The summed E-state index contributed by atoms with van der Waals surface area (Å²) < 4.78 is 10.7. The fraction of sp³-hybridized carbons (Fsp3) is 0.444. The van der Waals surface area contributed by atoms with Crippen LogP contribution in [0.1, 0.15) is 39.0 Å². The van der Waals surface area contributed by atoms with Gasteiger partial charge in [0.15, 0.2) is 0 Å². The Kier molecular flexibility index (Phi) is 4.11. The van der Waals surface area contributed by atoms with E-state index in [2.05, 4.69) is 5.32 Å². The first-order valence-corrected chi connectivity index (χ1v) is 7.96. The molecule has 3 rings (SSSR count). The smallest absolute Gasteiger partial charge is 0.335 e. The van der Waals surface area contributed by atoms with Gasteiger partial charge in [0.25, 0.3) is 5.91 Å². The summed E-state index contributed by atoms with van der Waals surface area (Å²) in [4.78, 5) is 24.8. The van der Waals surface area contributed by atoms with Gasteiger partial charge in [0.1, 0.15) is 11.4 Å². The summed E-state index contributed by atoms with van der Waals surface area (Å²) in [5.74, 6) is 0.105. The SMILES string of the molecule is COc1ccc(NC(=O)C2=C(C)C(=O)OC23CCCCC3)cc1. The molecule has 5 heteroatoms. The Hall–Kier alpha value is -2.30. The summed E-state index contributed by atoms with van der Waals surface area (Å²) in [5, 5.41) is 2.87. The highest BCUT2D eigenvalue weighted by Gasteiger charge is 2.49. The van der Waals surface area contributed by atoms with E-state index in [1.807, 2.05) is 0 Å². The third kappa shape index (κ3) is 2.83. The second-order valence-electron chi connectivity index (χ2n) is 6.13. The first kappa shape index (κ1) is 15.6. The number of methoxy groups -OCH3 is 1. The van der Waals surface area contributed by atoms with Crippen LogP contribution < -0.4 is 10.1 Å². The van der Waals surface area contributed by atoms with E-state index < -0.39 is 5.60 Å². The van der Waals surface area contributed by atoms with Crippen LogP contribution in [0.5, 0.6) is 5.75 Å². The molecule has 1 heterocycles. The van der Waals surface area contributed by atoms with Gasteiger partial charge in [-0.25, -0.2) is 4.79 Å². The minimum absolute atomic E-state index is 0.250. The molecule has 0 radical (unpaired) electrons. The zero-order valence-corrected chi connectivity index (χ0v) is 13.5. The lowest BCUT2D eigenvalue weighted by atomic mass is 9.78. The molecule has 1 amide bonds. The van der Waals surface area contributed by atoms with Crippen LogP contribution in [0.2, 0.25) is 0 Å². The van der Waals surface area contributed by atoms with Crippen molar-refractivity contribution < 1.29 is 19.1 Å². The van der Waals surface area contributed by atoms with Crippen LogP contribution in [0.3, 0.4) is 0 Å². The monoisotopic (exact) mass is 315 g/mol. The summed E-state index contributed by atoms with van der Waals surface area (Å²) in [5.41, 5.74) is 0.869. The van der Waals surface area contributed by atoms with Crippen molar-refractivity contribution in [3.63, 3.8) is 0 Å². The largest absolute Gasteiger partial charge is 0.497 e. The van der Waals surface area contributed by atoms with E-state index in [0.29, 0.717) is 16.8 Å². The first-order valence-electron chi connectivity index (χ1n) is 7.96. The summed E-state index contributed by atoms with van der Waals surface area (Å²) in [6.45, 7) is 1.68. The van der Waals surface area contributed by atoms with E-state index in [9.17, 15) is 9.59 Å². The lowest BCUT2D eigenvalue weighted by molar-refractivity contribution is -0.149. The Bertz CT molecular complexity index is 654. The van der Waals surface area contributed by atoms with Gasteiger partial charge < -0.3 is 14.8 Å².